The Labute approximate surface area is 303 Å². The number of thiazole rings is 1. The lowest BCUT2D eigenvalue weighted by Crippen LogP contribution is -2.38. The lowest BCUT2D eigenvalue weighted by molar-refractivity contribution is -0.145. The summed E-state index contributed by atoms with van der Waals surface area (Å²) in [7, 11) is -3.54. The lowest BCUT2D eigenvalue weighted by atomic mass is 10.1. The Hall–Kier alpha value is -5.02. The number of benzene rings is 4. The molecule has 0 saturated heterocycles. The molecule has 0 saturated carbocycles. The first-order valence-electron chi connectivity index (χ1n) is 15.6. The summed E-state index contributed by atoms with van der Waals surface area (Å²) in [6.45, 7) is 1.12. The fraction of sp³-hybridized carbons (Fsp3) is 0.222. The predicted octanol–water partition coefficient (Wildman–Crippen LogP) is 5.67. The molecule has 4 N–H and O–H groups in total. The summed E-state index contributed by atoms with van der Waals surface area (Å²) in [4.78, 5) is 43.3. The molecule has 0 aliphatic carbocycles. The molecule has 5 rings (SSSR count). The van der Waals surface area contributed by atoms with Gasteiger partial charge in [-0.05, 0) is 92.1 Å². The number of nitrogens with zero attached hydrogens (tertiary/aromatic N) is 2. The molecular formula is C36H36ClN3O9S2. The van der Waals surface area contributed by atoms with Gasteiger partial charge in [0.2, 0.25) is 0 Å². The van der Waals surface area contributed by atoms with E-state index in [2.05, 4.69) is 10.3 Å². The number of carbonyl (C=O) groups excluding carboxylic acids is 2. The van der Waals surface area contributed by atoms with Crippen molar-refractivity contribution in [2.45, 2.75) is 31.3 Å². The summed E-state index contributed by atoms with van der Waals surface area (Å²) >= 11 is 7.43. The van der Waals surface area contributed by atoms with Crippen molar-refractivity contribution in [2.75, 3.05) is 30.8 Å². The molecule has 51 heavy (non-hydrogen) atoms. The van der Waals surface area contributed by atoms with Crippen LogP contribution in [-0.2, 0) is 32.5 Å². The highest BCUT2D eigenvalue weighted by Crippen LogP contribution is 2.29. The second-order valence-electron chi connectivity index (χ2n) is 11.1. The molecule has 1 aromatic heterocycles. The monoisotopic (exact) mass is 753 g/mol. The number of carboxylic acids is 1. The molecule has 268 valence electrons. The molecule has 4 aromatic carbocycles. The minimum atomic E-state index is -3.54. The highest BCUT2D eigenvalue weighted by atomic mass is 35.5. The van der Waals surface area contributed by atoms with Crippen LogP contribution >= 0.6 is 22.9 Å². The van der Waals surface area contributed by atoms with E-state index in [0.29, 0.717) is 29.2 Å². The van der Waals surface area contributed by atoms with Gasteiger partial charge < -0.3 is 30.3 Å². The highest BCUT2D eigenvalue weighted by Gasteiger charge is 2.19. The fourth-order valence-corrected chi connectivity index (χ4v) is 7.32. The molecule has 0 aliphatic rings. The molecule has 0 aliphatic heterocycles. The number of nitrogens with one attached hydrogen (secondary N) is 1. The van der Waals surface area contributed by atoms with Crippen LogP contribution in [-0.4, -0.2) is 72.1 Å². The molecule has 0 bridgehead atoms. The average molecular weight is 754 g/mol. The number of carboxylic acid groups (broad SMARTS) is 1. The zero-order chi connectivity index (χ0) is 35.7. The first-order valence-corrected chi connectivity index (χ1v) is 18.5. The smallest absolute Gasteiger partial charge is 0.323 e. The number of hydrogen-bond acceptors (Lipinski definition) is 9. The third kappa shape index (κ3) is 10.7. The Bertz CT molecular complexity index is 2070. The van der Waals surface area contributed by atoms with E-state index in [4.69, 9.17) is 26.2 Å². The van der Waals surface area contributed by atoms with E-state index in [-0.39, 0.29) is 40.7 Å². The van der Waals surface area contributed by atoms with Gasteiger partial charge in [-0.1, -0.05) is 35.9 Å². The van der Waals surface area contributed by atoms with Crippen molar-refractivity contribution in [3.8, 4) is 11.5 Å². The number of aromatic nitrogens is 1. The molecular weight excluding hydrogens is 718 g/mol. The van der Waals surface area contributed by atoms with Crippen molar-refractivity contribution in [1.29, 1.82) is 0 Å². The molecule has 0 fully saturated rings. The van der Waals surface area contributed by atoms with Gasteiger partial charge in [-0.15, -0.1) is 11.3 Å². The summed E-state index contributed by atoms with van der Waals surface area (Å²) in [6, 6.07) is 25.4. The molecule has 0 atom stereocenters. The molecule has 12 nitrogen and oxygen atoms in total. The number of aliphatic carboxylic acids is 1. The first kappa shape index (κ1) is 38.8. The normalized spacial score (nSPS) is 11.0. The molecule has 0 radical (unpaired) electrons. The average Bonchev–Trinajstić information content (AvgIpc) is 3.52. The van der Waals surface area contributed by atoms with Crippen LogP contribution < -0.4 is 14.8 Å². The zero-order valence-corrected chi connectivity index (χ0v) is 29.9. The van der Waals surface area contributed by atoms with Crippen molar-refractivity contribution in [1.82, 2.24) is 9.88 Å². The summed E-state index contributed by atoms with van der Waals surface area (Å²) in [5.74, 6) is -1.63. The molecule has 5 aromatic rings. The quantitative estimate of drug-likeness (QED) is 0.128. The number of rotatable bonds is 16. The van der Waals surface area contributed by atoms with Gasteiger partial charge in [-0.25, -0.2) is 13.4 Å². The van der Waals surface area contributed by atoms with Gasteiger partial charge in [0.15, 0.2) is 16.4 Å². The molecule has 1 heterocycles. The first-order chi connectivity index (χ1) is 24.0. The number of ether oxygens (including phenoxy) is 2. The van der Waals surface area contributed by atoms with Crippen molar-refractivity contribution in [3.63, 3.8) is 0 Å². The minimum absolute atomic E-state index is 0. The van der Waals surface area contributed by atoms with E-state index >= 15 is 0 Å². The molecule has 2 amide bonds. The van der Waals surface area contributed by atoms with Crippen LogP contribution in [0.2, 0.25) is 5.02 Å². The Morgan fingerprint density at radius 3 is 2.45 bits per heavy atom. The van der Waals surface area contributed by atoms with Crippen molar-refractivity contribution >= 4 is 66.5 Å². The summed E-state index contributed by atoms with van der Waals surface area (Å²) in [6.07, 6.45) is 0.665. The SMILES string of the molecule is CCN(CC(=O)O)C(=O)COc1ccc(CCCS(=O)(=O)c2ccc(Cl)cc2)cc1NC(=O)c1cccc(OCc2nc3ccccc3s2)c1.O. The number of hydrogen-bond donors (Lipinski definition) is 2. The second-order valence-corrected chi connectivity index (χ2v) is 14.8. The van der Waals surface area contributed by atoms with Gasteiger partial charge in [-0.3, -0.25) is 14.4 Å². The highest BCUT2D eigenvalue weighted by molar-refractivity contribution is 7.91. The number of anilines is 1. The Kier molecular flexibility index (Phi) is 13.5. The third-order valence-electron chi connectivity index (χ3n) is 7.55. The third-order valence-corrected chi connectivity index (χ3v) is 10.6. The lowest BCUT2D eigenvalue weighted by Gasteiger charge is -2.20. The number of sulfone groups is 1. The number of amides is 2. The number of likely N-dealkylation sites (N-methyl/N-ethyl adjacent to an activating group) is 1. The van der Waals surface area contributed by atoms with Crippen LogP contribution in [0.3, 0.4) is 0 Å². The summed E-state index contributed by atoms with van der Waals surface area (Å²) in [5.41, 5.74) is 2.16. The van der Waals surface area contributed by atoms with E-state index in [0.717, 1.165) is 25.7 Å². The van der Waals surface area contributed by atoms with E-state index in [1.165, 1.54) is 35.6 Å². The fourth-order valence-electron chi connectivity index (χ4n) is 5.00. The van der Waals surface area contributed by atoms with Gasteiger partial charge in [0.25, 0.3) is 11.8 Å². The maximum atomic E-state index is 13.5. The largest absolute Gasteiger partial charge is 0.486 e. The van der Waals surface area contributed by atoms with Gasteiger partial charge in [-0.2, -0.15) is 0 Å². The van der Waals surface area contributed by atoms with Gasteiger partial charge in [0.05, 0.1) is 26.6 Å². The molecule has 0 spiro atoms. The van der Waals surface area contributed by atoms with E-state index in [1.54, 1.807) is 49.4 Å². The maximum Gasteiger partial charge on any atom is 0.323 e. The van der Waals surface area contributed by atoms with Crippen LogP contribution in [0.25, 0.3) is 10.2 Å². The summed E-state index contributed by atoms with van der Waals surface area (Å²) in [5, 5.41) is 13.2. The van der Waals surface area contributed by atoms with Crippen LogP contribution in [0.4, 0.5) is 5.69 Å². The van der Waals surface area contributed by atoms with Crippen molar-refractivity contribution in [3.05, 3.63) is 112 Å². The number of carbonyl (C=O) groups is 3. The number of halogens is 1. The molecule has 15 heteroatoms. The second kappa shape index (κ2) is 17.8. The minimum Gasteiger partial charge on any atom is -0.486 e. The van der Waals surface area contributed by atoms with Gasteiger partial charge >= 0.3 is 5.97 Å². The summed E-state index contributed by atoms with van der Waals surface area (Å²) < 4.78 is 38.5. The van der Waals surface area contributed by atoms with Crippen LogP contribution in [0.1, 0.15) is 34.3 Å². The van der Waals surface area contributed by atoms with E-state index < -0.39 is 40.8 Å². The van der Waals surface area contributed by atoms with Crippen LogP contribution in [0.5, 0.6) is 11.5 Å². The van der Waals surface area contributed by atoms with E-state index in [1.807, 2.05) is 24.3 Å². The van der Waals surface area contributed by atoms with Crippen molar-refractivity contribution in [2.24, 2.45) is 0 Å². The number of aryl methyl sites for hydroxylation is 1. The zero-order valence-electron chi connectivity index (χ0n) is 27.5. The van der Waals surface area contributed by atoms with Gasteiger partial charge in [0, 0.05) is 17.1 Å². The molecule has 0 unspecified atom stereocenters. The van der Waals surface area contributed by atoms with Crippen LogP contribution in [0.15, 0.2) is 95.9 Å². The topological polar surface area (TPSA) is 184 Å². The Morgan fingerprint density at radius 2 is 1.73 bits per heavy atom. The van der Waals surface area contributed by atoms with Crippen molar-refractivity contribution < 1.29 is 42.9 Å². The standard InChI is InChI=1S/C36H34ClN3O8S2.H2O/c1-2-40(21-35(42)43)34(41)23-48-31-17-12-24(7-6-18-50(45,46)28-15-13-26(37)14-16-28)19-30(31)39-36(44)25-8-5-9-27(20-25)47-22-33-38-29-10-3-4-11-32(29)49-33;/h3-5,8-17,19-20H,2,6-7,18,21-23H2,1H3,(H,39,44)(H,42,43);1H2. The van der Waals surface area contributed by atoms with E-state index in [9.17, 15) is 22.8 Å². The number of fused-ring (bicyclic) bond motifs is 1. The maximum absolute atomic E-state index is 13.5. The number of para-hydroxylation sites is 1. The Balaban J connectivity index is 0.00000583. The van der Waals surface area contributed by atoms with Crippen LogP contribution in [0, 0.1) is 0 Å². The Morgan fingerprint density at radius 1 is 0.961 bits per heavy atom. The predicted molar refractivity (Wildman–Crippen MR) is 196 cm³/mol. The van der Waals surface area contributed by atoms with Gasteiger partial charge in [0.1, 0.15) is 29.7 Å².